The number of methoxy groups -OCH3 is 1. The third-order valence-corrected chi connectivity index (χ3v) is 6.44. The molecule has 0 saturated heterocycles. The Balaban J connectivity index is 1.33. The minimum absolute atomic E-state index is 0.0566. The van der Waals surface area contributed by atoms with Crippen LogP contribution in [0, 0.1) is 5.82 Å². The van der Waals surface area contributed by atoms with E-state index in [1.807, 2.05) is 30.5 Å². The second kappa shape index (κ2) is 10.8. The minimum Gasteiger partial charge on any atom is -0.383 e. The molecule has 1 aliphatic rings. The fourth-order valence-electron chi connectivity index (χ4n) is 4.65. The zero-order valence-electron chi connectivity index (χ0n) is 19.8. The largest absolute Gasteiger partial charge is 0.383 e. The number of anilines is 2. The molecule has 5 rings (SSSR count). The third kappa shape index (κ3) is 5.24. The van der Waals surface area contributed by atoms with Gasteiger partial charge in [-0.1, -0.05) is 54.6 Å². The van der Waals surface area contributed by atoms with E-state index in [1.54, 1.807) is 13.2 Å². The molecule has 1 aliphatic carbocycles. The standard InChI is InChI=1S/C29H29FN4O/c1-35-17-16-31-15-14-20-10-12-22(13-11-20)33-29-32-19-21-18-26(24-7-4-5-9-27(24)30)23-6-2-3-8-25(23)28(21)34-29/h2-13,19,26,31H,14-18H2,1H3,(H,32,33,34). The molecule has 178 valence electrons. The van der Waals surface area contributed by atoms with Crippen molar-refractivity contribution in [1.82, 2.24) is 15.3 Å². The van der Waals surface area contributed by atoms with Crippen molar-refractivity contribution in [3.05, 3.63) is 107 Å². The second-order valence-electron chi connectivity index (χ2n) is 8.75. The number of benzene rings is 3. The van der Waals surface area contributed by atoms with E-state index >= 15 is 0 Å². The topological polar surface area (TPSA) is 59.1 Å². The Labute approximate surface area is 205 Å². The number of halogens is 1. The first-order valence-corrected chi connectivity index (χ1v) is 12.0. The van der Waals surface area contributed by atoms with E-state index in [-0.39, 0.29) is 11.7 Å². The van der Waals surface area contributed by atoms with Gasteiger partial charge in [0.2, 0.25) is 5.95 Å². The molecule has 3 aromatic carbocycles. The molecule has 6 heteroatoms. The lowest BCUT2D eigenvalue weighted by Crippen LogP contribution is -2.21. The van der Waals surface area contributed by atoms with Gasteiger partial charge in [-0.15, -0.1) is 0 Å². The van der Waals surface area contributed by atoms with Crippen LogP contribution in [-0.4, -0.2) is 36.8 Å². The van der Waals surface area contributed by atoms with E-state index in [1.165, 1.54) is 11.6 Å². The molecule has 0 amide bonds. The van der Waals surface area contributed by atoms with E-state index in [4.69, 9.17) is 9.72 Å². The molecule has 0 aliphatic heterocycles. The first-order valence-electron chi connectivity index (χ1n) is 12.0. The average Bonchev–Trinajstić information content (AvgIpc) is 2.89. The van der Waals surface area contributed by atoms with Crippen LogP contribution in [0.4, 0.5) is 16.0 Å². The van der Waals surface area contributed by atoms with Gasteiger partial charge in [-0.3, -0.25) is 0 Å². The second-order valence-corrected chi connectivity index (χ2v) is 8.75. The molecular formula is C29H29FN4O. The Bertz CT molecular complexity index is 1290. The van der Waals surface area contributed by atoms with E-state index in [0.29, 0.717) is 17.9 Å². The van der Waals surface area contributed by atoms with Crippen LogP contribution in [0.25, 0.3) is 11.3 Å². The lowest BCUT2D eigenvalue weighted by Gasteiger charge is -2.27. The number of aromatic nitrogens is 2. The number of rotatable bonds is 9. The molecule has 1 heterocycles. The van der Waals surface area contributed by atoms with Crippen molar-refractivity contribution in [2.75, 3.05) is 32.1 Å². The highest BCUT2D eigenvalue weighted by Gasteiger charge is 2.28. The Morgan fingerprint density at radius 3 is 2.51 bits per heavy atom. The van der Waals surface area contributed by atoms with Gasteiger partial charge in [0.25, 0.3) is 0 Å². The SMILES string of the molecule is COCCNCCc1ccc(Nc2ncc3c(n2)-c2ccccc2C(c2ccccc2F)C3)cc1. The summed E-state index contributed by atoms with van der Waals surface area (Å²) in [5, 5.41) is 6.70. The first kappa shape index (κ1) is 23.1. The van der Waals surface area contributed by atoms with Gasteiger partial charge in [0.1, 0.15) is 5.82 Å². The van der Waals surface area contributed by atoms with Crippen molar-refractivity contribution in [1.29, 1.82) is 0 Å². The summed E-state index contributed by atoms with van der Waals surface area (Å²) in [7, 11) is 1.71. The number of ether oxygens (including phenoxy) is 1. The van der Waals surface area contributed by atoms with Crippen molar-refractivity contribution in [3.63, 3.8) is 0 Å². The van der Waals surface area contributed by atoms with Crippen LogP contribution in [0.1, 0.15) is 28.2 Å². The highest BCUT2D eigenvalue weighted by Crippen LogP contribution is 2.42. The predicted octanol–water partition coefficient (Wildman–Crippen LogP) is 5.49. The molecule has 0 saturated carbocycles. The maximum Gasteiger partial charge on any atom is 0.227 e. The molecule has 1 atom stereocenters. The van der Waals surface area contributed by atoms with Gasteiger partial charge in [0.05, 0.1) is 12.3 Å². The Hall–Kier alpha value is -3.61. The zero-order valence-corrected chi connectivity index (χ0v) is 19.8. The Morgan fingerprint density at radius 2 is 1.71 bits per heavy atom. The van der Waals surface area contributed by atoms with Gasteiger partial charge in [-0.25, -0.2) is 14.4 Å². The van der Waals surface area contributed by atoms with E-state index < -0.39 is 0 Å². The van der Waals surface area contributed by atoms with Crippen LogP contribution in [0.3, 0.4) is 0 Å². The molecule has 0 radical (unpaired) electrons. The fourth-order valence-corrected chi connectivity index (χ4v) is 4.65. The van der Waals surface area contributed by atoms with Crippen molar-refractivity contribution >= 4 is 11.6 Å². The average molecular weight is 469 g/mol. The maximum atomic E-state index is 14.6. The summed E-state index contributed by atoms with van der Waals surface area (Å²) >= 11 is 0. The molecule has 0 spiro atoms. The van der Waals surface area contributed by atoms with E-state index in [2.05, 4.69) is 52.0 Å². The van der Waals surface area contributed by atoms with Gasteiger partial charge in [-0.05, 0) is 59.8 Å². The predicted molar refractivity (Wildman–Crippen MR) is 138 cm³/mol. The van der Waals surface area contributed by atoms with Gasteiger partial charge >= 0.3 is 0 Å². The normalized spacial score (nSPS) is 14.3. The summed E-state index contributed by atoms with van der Waals surface area (Å²) < 4.78 is 19.7. The van der Waals surface area contributed by atoms with Gasteiger partial charge < -0.3 is 15.4 Å². The molecule has 0 fully saturated rings. The molecular weight excluding hydrogens is 439 g/mol. The summed E-state index contributed by atoms with van der Waals surface area (Å²) in [5.41, 5.74) is 6.97. The summed E-state index contributed by atoms with van der Waals surface area (Å²) in [6, 6.07) is 23.5. The number of nitrogens with zero attached hydrogens (tertiary/aromatic N) is 2. The van der Waals surface area contributed by atoms with E-state index in [0.717, 1.165) is 54.2 Å². The molecule has 0 bridgehead atoms. The summed E-state index contributed by atoms with van der Waals surface area (Å²) in [4.78, 5) is 9.44. The highest BCUT2D eigenvalue weighted by molar-refractivity contribution is 5.73. The number of nitrogens with one attached hydrogen (secondary N) is 2. The fraction of sp³-hybridized carbons (Fsp3) is 0.241. The van der Waals surface area contributed by atoms with Crippen molar-refractivity contribution in [3.8, 4) is 11.3 Å². The molecule has 1 unspecified atom stereocenters. The molecule has 4 aromatic rings. The van der Waals surface area contributed by atoms with Gasteiger partial charge in [-0.2, -0.15) is 0 Å². The maximum absolute atomic E-state index is 14.6. The minimum atomic E-state index is -0.177. The van der Waals surface area contributed by atoms with E-state index in [9.17, 15) is 4.39 Å². The quantitative estimate of drug-likeness (QED) is 0.318. The lowest BCUT2D eigenvalue weighted by atomic mass is 9.78. The zero-order chi connectivity index (χ0) is 24.0. The Kier molecular flexibility index (Phi) is 7.12. The summed E-state index contributed by atoms with van der Waals surface area (Å²) in [5.74, 6) is 0.319. The van der Waals surface area contributed by atoms with Crippen LogP contribution < -0.4 is 10.6 Å². The molecule has 2 N–H and O–H groups in total. The van der Waals surface area contributed by atoms with Crippen molar-refractivity contribution in [2.45, 2.75) is 18.8 Å². The van der Waals surface area contributed by atoms with Crippen LogP contribution in [0.2, 0.25) is 0 Å². The van der Waals surface area contributed by atoms with Crippen LogP contribution >= 0.6 is 0 Å². The molecule has 1 aromatic heterocycles. The number of hydrogen-bond donors (Lipinski definition) is 2. The Morgan fingerprint density at radius 1 is 0.943 bits per heavy atom. The van der Waals surface area contributed by atoms with Crippen LogP contribution in [-0.2, 0) is 17.6 Å². The number of fused-ring (bicyclic) bond motifs is 3. The van der Waals surface area contributed by atoms with Gasteiger partial charge in [0, 0.05) is 37.0 Å². The van der Waals surface area contributed by atoms with Gasteiger partial charge in [0.15, 0.2) is 0 Å². The van der Waals surface area contributed by atoms with Crippen molar-refractivity contribution < 1.29 is 9.13 Å². The lowest BCUT2D eigenvalue weighted by molar-refractivity contribution is 0.199. The first-order chi connectivity index (χ1) is 17.2. The molecule has 5 nitrogen and oxygen atoms in total. The highest BCUT2D eigenvalue weighted by atomic mass is 19.1. The van der Waals surface area contributed by atoms with Crippen molar-refractivity contribution in [2.24, 2.45) is 0 Å². The smallest absolute Gasteiger partial charge is 0.227 e. The molecule has 35 heavy (non-hydrogen) atoms. The van der Waals surface area contributed by atoms with Crippen LogP contribution in [0.5, 0.6) is 0 Å². The number of hydrogen-bond acceptors (Lipinski definition) is 5. The van der Waals surface area contributed by atoms with Crippen LogP contribution in [0.15, 0.2) is 79.0 Å². The monoisotopic (exact) mass is 468 g/mol. The summed E-state index contributed by atoms with van der Waals surface area (Å²) in [6.45, 7) is 2.49. The summed E-state index contributed by atoms with van der Waals surface area (Å²) in [6.07, 6.45) is 3.49. The third-order valence-electron chi connectivity index (χ3n) is 6.44.